The number of aryl methyl sites for hydroxylation is 1. The molecule has 0 aliphatic carbocycles. The van der Waals surface area contributed by atoms with Gasteiger partial charge in [0, 0.05) is 6.07 Å². The van der Waals surface area contributed by atoms with E-state index >= 15 is 0 Å². The fourth-order valence-corrected chi connectivity index (χ4v) is 1.05. The fourth-order valence-electron chi connectivity index (χ4n) is 1.05. The maximum atomic E-state index is 11.3. The molecule has 0 saturated carbocycles. The van der Waals surface area contributed by atoms with Gasteiger partial charge in [0.2, 0.25) is 0 Å². The number of nitrogens with zero attached hydrogens (tertiary/aromatic N) is 1. The molecule has 0 radical (unpaired) electrons. The molecule has 3 N–H and O–H groups in total. The zero-order chi connectivity index (χ0) is 14.4. The van der Waals surface area contributed by atoms with Gasteiger partial charge < -0.3 is 19.7 Å². The van der Waals surface area contributed by atoms with Gasteiger partial charge in [0.05, 0.1) is 0 Å². The number of carbonyl (C=O) groups excluding carboxylic acids is 3. The Morgan fingerprint density at radius 3 is 2.74 bits per heavy atom. The van der Waals surface area contributed by atoms with Crippen LogP contribution < -0.4 is 15.8 Å². The van der Waals surface area contributed by atoms with Crippen molar-refractivity contribution in [3.63, 3.8) is 0 Å². The summed E-state index contributed by atoms with van der Waals surface area (Å²) in [5.41, 5.74) is 4.74. The van der Waals surface area contributed by atoms with Crippen LogP contribution in [0.5, 0.6) is 5.88 Å². The van der Waals surface area contributed by atoms with Crippen LogP contribution in [0.2, 0.25) is 0 Å². The van der Waals surface area contributed by atoms with Crippen LogP contribution in [0.25, 0.3) is 0 Å². The van der Waals surface area contributed by atoms with Crippen molar-refractivity contribution in [3.05, 3.63) is 11.8 Å². The number of aromatic nitrogens is 1. The minimum atomic E-state index is -1.16. The first-order valence-electron chi connectivity index (χ1n) is 5.24. The molecule has 19 heavy (non-hydrogen) atoms. The number of nitrogens with one attached hydrogen (secondary N) is 1. The van der Waals surface area contributed by atoms with E-state index in [1.807, 2.05) is 0 Å². The van der Waals surface area contributed by atoms with Crippen molar-refractivity contribution >= 4 is 17.9 Å². The fraction of sp³-hybridized carbons (Fsp3) is 0.400. The summed E-state index contributed by atoms with van der Waals surface area (Å²) in [5.74, 6) is -0.966. The monoisotopic (exact) mass is 271 g/mol. The molecule has 1 heterocycles. The maximum Gasteiger partial charge on any atom is 0.345 e. The van der Waals surface area contributed by atoms with Gasteiger partial charge in [-0.15, -0.1) is 0 Å². The Kier molecular flexibility index (Phi) is 4.86. The van der Waals surface area contributed by atoms with Gasteiger partial charge in [-0.2, -0.15) is 0 Å². The van der Waals surface area contributed by atoms with Crippen molar-refractivity contribution in [1.29, 1.82) is 0 Å². The predicted molar refractivity (Wildman–Crippen MR) is 60.0 cm³/mol. The third-order valence-corrected chi connectivity index (χ3v) is 1.87. The molecule has 1 aromatic rings. The number of rotatable bonds is 5. The second kappa shape index (κ2) is 6.38. The second-order valence-corrected chi connectivity index (χ2v) is 3.55. The zero-order valence-corrected chi connectivity index (χ0v) is 10.3. The lowest BCUT2D eigenvalue weighted by Crippen LogP contribution is -2.42. The van der Waals surface area contributed by atoms with Crippen LogP contribution in [0.4, 0.5) is 4.79 Å². The number of hydrogen-bond acceptors (Lipinski definition) is 7. The predicted octanol–water partition coefficient (Wildman–Crippen LogP) is -0.512. The second-order valence-electron chi connectivity index (χ2n) is 3.55. The summed E-state index contributed by atoms with van der Waals surface area (Å²) in [6.07, 6.45) is -1.16. The number of hydrogen-bond donors (Lipinski definition) is 2. The number of ether oxygens (including phenoxy) is 2. The van der Waals surface area contributed by atoms with Gasteiger partial charge in [-0.1, -0.05) is 0 Å². The number of nitrogens with two attached hydrogens (primary N) is 1. The summed E-state index contributed by atoms with van der Waals surface area (Å²) in [7, 11) is 0. The molecule has 0 saturated heterocycles. The molecule has 0 bridgehead atoms. The highest BCUT2D eigenvalue weighted by atomic mass is 16.6. The molecule has 0 aliphatic heterocycles. The van der Waals surface area contributed by atoms with Gasteiger partial charge in [-0.25, -0.2) is 9.59 Å². The Morgan fingerprint density at radius 2 is 2.21 bits per heavy atom. The molecule has 9 heteroatoms. The molecule has 104 valence electrons. The normalized spacial score (nSPS) is 11.5. The number of primary amides is 1. The number of imide groups is 1. The third-order valence-electron chi connectivity index (χ3n) is 1.87. The molecule has 0 fully saturated rings. The van der Waals surface area contributed by atoms with Gasteiger partial charge in [0.25, 0.3) is 11.8 Å². The Hall–Kier alpha value is -2.58. The number of carbonyl (C=O) groups is 3. The Labute approximate surface area is 108 Å². The molecule has 1 atom stereocenters. The lowest BCUT2D eigenvalue weighted by Gasteiger charge is -2.11. The zero-order valence-electron chi connectivity index (χ0n) is 10.3. The Balaban J connectivity index is 2.34. The number of urea groups is 1. The molecule has 0 aromatic carbocycles. The molecular weight excluding hydrogens is 258 g/mol. The maximum absolute atomic E-state index is 11.3. The first-order valence-corrected chi connectivity index (χ1v) is 5.24. The first kappa shape index (κ1) is 14.5. The lowest BCUT2D eigenvalue weighted by atomic mass is 10.4. The molecule has 3 amide bonds. The Morgan fingerprint density at radius 1 is 1.53 bits per heavy atom. The van der Waals surface area contributed by atoms with Crippen LogP contribution in [0.1, 0.15) is 12.7 Å². The van der Waals surface area contributed by atoms with Crippen molar-refractivity contribution in [1.82, 2.24) is 10.5 Å². The van der Waals surface area contributed by atoms with E-state index in [9.17, 15) is 14.4 Å². The molecule has 0 unspecified atom stereocenters. The van der Waals surface area contributed by atoms with Crippen molar-refractivity contribution in [2.24, 2.45) is 5.73 Å². The van der Waals surface area contributed by atoms with Gasteiger partial charge in [0.15, 0.2) is 12.7 Å². The molecule has 0 spiro atoms. The first-order chi connectivity index (χ1) is 8.88. The topological polar surface area (TPSA) is 134 Å². The van der Waals surface area contributed by atoms with Crippen LogP contribution in [0.3, 0.4) is 0 Å². The largest absolute Gasteiger partial charge is 0.463 e. The third kappa shape index (κ3) is 5.06. The van der Waals surface area contributed by atoms with E-state index in [1.165, 1.54) is 13.0 Å². The van der Waals surface area contributed by atoms with Crippen LogP contribution >= 0.6 is 0 Å². The van der Waals surface area contributed by atoms with Crippen molar-refractivity contribution in [2.45, 2.75) is 20.0 Å². The number of esters is 1. The van der Waals surface area contributed by atoms with Crippen LogP contribution in [0, 0.1) is 6.92 Å². The molecular formula is C10H13N3O6. The van der Waals surface area contributed by atoms with Crippen LogP contribution in [-0.2, 0) is 14.3 Å². The summed E-state index contributed by atoms with van der Waals surface area (Å²) in [5, 5.41) is 5.28. The summed E-state index contributed by atoms with van der Waals surface area (Å²) in [6.45, 7) is 2.50. The van der Waals surface area contributed by atoms with E-state index in [1.54, 1.807) is 12.2 Å². The van der Waals surface area contributed by atoms with E-state index in [0.717, 1.165) is 0 Å². The van der Waals surface area contributed by atoms with E-state index in [0.29, 0.717) is 5.76 Å². The summed E-state index contributed by atoms with van der Waals surface area (Å²) < 4.78 is 14.4. The van der Waals surface area contributed by atoms with Gasteiger partial charge in [-0.05, 0) is 19.0 Å². The van der Waals surface area contributed by atoms with E-state index < -0.39 is 30.6 Å². The van der Waals surface area contributed by atoms with Gasteiger partial charge in [-0.3, -0.25) is 10.1 Å². The highest BCUT2D eigenvalue weighted by Gasteiger charge is 2.19. The molecule has 1 aromatic heterocycles. The van der Waals surface area contributed by atoms with Crippen molar-refractivity contribution in [2.75, 3.05) is 6.61 Å². The standard InChI is InChI=1S/C10H13N3O6/c1-5-3-7(13-19-5)17-4-8(14)18-6(2)9(15)12-10(11)16/h3,6H,4H2,1-2H3,(H3,11,12,15,16)/t6-/m1/s1. The van der Waals surface area contributed by atoms with E-state index in [4.69, 9.17) is 19.7 Å². The Bertz CT molecular complexity index is 483. The van der Waals surface area contributed by atoms with Gasteiger partial charge in [0.1, 0.15) is 5.76 Å². The highest BCUT2D eigenvalue weighted by molar-refractivity contribution is 5.96. The average Bonchev–Trinajstić information content (AvgIpc) is 2.71. The SMILES string of the molecule is Cc1cc(OCC(=O)O[C@H](C)C(=O)NC(N)=O)no1. The van der Waals surface area contributed by atoms with E-state index in [2.05, 4.69) is 5.16 Å². The lowest BCUT2D eigenvalue weighted by molar-refractivity contribution is -0.156. The van der Waals surface area contributed by atoms with Gasteiger partial charge >= 0.3 is 12.0 Å². The van der Waals surface area contributed by atoms with Crippen molar-refractivity contribution in [3.8, 4) is 5.88 Å². The van der Waals surface area contributed by atoms with Crippen molar-refractivity contribution < 1.29 is 28.4 Å². The minimum absolute atomic E-state index is 0.128. The minimum Gasteiger partial charge on any atom is -0.463 e. The smallest absolute Gasteiger partial charge is 0.345 e. The summed E-state index contributed by atoms with van der Waals surface area (Å²) >= 11 is 0. The molecule has 0 aliphatic rings. The summed E-state index contributed by atoms with van der Waals surface area (Å²) in [6, 6.07) is 0.457. The van der Waals surface area contributed by atoms with Crippen LogP contribution in [-0.4, -0.2) is 35.8 Å². The number of amides is 3. The highest BCUT2D eigenvalue weighted by Crippen LogP contribution is 2.09. The van der Waals surface area contributed by atoms with E-state index in [-0.39, 0.29) is 5.88 Å². The summed E-state index contributed by atoms with van der Waals surface area (Å²) in [4.78, 5) is 33.0. The molecule has 1 rings (SSSR count). The van der Waals surface area contributed by atoms with Crippen LogP contribution in [0.15, 0.2) is 10.6 Å². The quantitative estimate of drug-likeness (QED) is 0.688. The molecule has 9 nitrogen and oxygen atoms in total. The average molecular weight is 271 g/mol.